The molecule has 1 aromatic heterocycles. The first kappa shape index (κ1) is 13.4. The molecule has 3 N–H and O–H groups in total. The van der Waals surface area contributed by atoms with Crippen LogP contribution in [-0.4, -0.2) is 41.2 Å². The zero-order valence-corrected chi connectivity index (χ0v) is 11.5. The van der Waals surface area contributed by atoms with Crippen LogP contribution < -0.4 is 5.43 Å². The summed E-state index contributed by atoms with van der Waals surface area (Å²) in [6, 6.07) is 5.29. The van der Waals surface area contributed by atoms with E-state index in [9.17, 15) is 9.90 Å². The van der Waals surface area contributed by atoms with Gasteiger partial charge in [-0.2, -0.15) is 0 Å². The minimum absolute atomic E-state index is 0.0402. The third-order valence-corrected chi connectivity index (χ3v) is 3.15. The maximum absolute atomic E-state index is 11.1. The quantitative estimate of drug-likeness (QED) is 0.578. The highest BCUT2D eigenvalue weighted by molar-refractivity contribution is 5.84. The first-order chi connectivity index (χ1) is 8.87. The molecule has 0 unspecified atom stereocenters. The van der Waals surface area contributed by atoms with Crippen molar-refractivity contribution in [1.82, 2.24) is 10.4 Å². The molecule has 2 aromatic rings. The Morgan fingerprint density at radius 1 is 1.42 bits per heavy atom. The van der Waals surface area contributed by atoms with Crippen LogP contribution in [0.15, 0.2) is 24.4 Å². The highest BCUT2D eigenvalue weighted by Crippen LogP contribution is 2.23. The van der Waals surface area contributed by atoms with Gasteiger partial charge >= 0.3 is 0 Å². The Balaban J connectivity index is 2.13. The molecule has 2 rings (SSSR count). The molecule has 0 atom stereocenters. The van der Waals surface area contributed by atoms with Crippen LogP contribution in [0.5, 0.6) is 5.75 Å². The smallest absolute Gasteiger partial charge is 0.261 e. The lowest BCUT2D eigenvalue weighted by molar-refractivity contribution is -0.924. The van der Waals surface area contributed by atoms with Gasteiger partial charge in [-0.15, -0.1) is 0 Å². The molecular weight excluding hydrogens is 242 g/mol. The number of carbonyl (C=O) groups is 1. The minimum Gasteiger partial charge on any atom is -0.508 e. The van der Waals surface area contributed by atoms with Crippen molar-refractivity contribution in [1.29, 1.82) is 0 Å². The van der Waals surface area contributed by atoms with Gasteiger partial charge in [0.1, 0.15) is 12.3 Å². The third-order valence-electron chi connectivity index (χ3n) is 3.15. The molecule has 5 nitrogen and oxygen atoms in total. The Morgan fingerprint density at radius 2 is 2.16 bits per heavy atom. The molecule has 1 amide bonds. The molecule has 0 bridgehead atoms. The van der Waals surface area contributed by atoms with Crippen molar-refractivity contribution in [3.8, 4) is 5.75 Å². The zero-order chi connectivity index (χ0) is 14.0. The summed E-state index contributed by atoms with van der Waals surface area (Å²) in [5, 5.41) is 10.6. The average molecular weight is 262 g/mol. The summed E-state index contributed by atoms with van der Waals surface area (Å²) in [4.78, 5) is 14.3. The number of quaternary nitrogens is 1. The highest BCUT2D eigenvalue weighted by atomic mass is 16.3. The van der Waals surface area contributed by atoms with E-state index >= 15 is 0 Å². The lowest BCUT2D eigenvalue weighted by Crippen LogP contribution is -2.54. The summed E-state index contributed by atoms with van der Waals surface area (Å²) in [5.74, 6) is 0.227. The monoisotopic (exact) mass is 262 g/mol. The molecule has 0 fully saturated rings. The summed E-state index contributed by atoms with van der Waals surface area (Å²) in [6.07, 6.45) is 2.77. The van der Waals surface area contributed by atoms with Gasteiger partial charge in [-0.05, 0) is 23.8 Å². The number of nitrogens with zero attached hydrogens (tertiary/aromatic N) is 1. The van der Waals surface area contributed by atoms with Gasteiger partial charge in [-0.1, -0.05) is 0 Å². The van der Waals surface area contributed by atoms with Crippen molar-refractivity contribution in [3.05, 3.63) is 30.0 Å². The van der Waals surface area contributed by atoms with Crippen LogP contribution in [-0.2, 0) is 11.2 Å². The lowest BCUT2D eigenvalue weighted by Gasteiger charge is -2.28. The Hall–Kier alpha value is -2.01. The van der Waals surface area contributed by atoms with Gasteiger partial charge < -0.3 is 10.1 Å². The van der Waals surface area contributed by atoms with Gasteiger partial charge in [-0.3, -0.25) is 4.79 Å². The molecule has 0 saturated heterocycles. The molecule has 1 aromatic carbocycles. The topological polar surface area (TPSA) is 65.1 Å². The second-order valence-corrected chi connectivity index (χ2v) is 5.37. The predicted octanol–water partition coefficient (Wildman–Crippen LogP) is 1.54. The first-order valence-electron chi connectivity index (χ1n) is 6.28. The van der Waals surface area contributed by atoms with Crippen molar-refractivity contribution in [2.24, 2.45) is 0 Å². The van der Waals surface area contributed by atoms with Crippen LogP contribution in [0, 0.1) is 0 Å². The number of amides is 1. The van der Waals surface area contributed by atoms with Crippen LogP contribution in [0.1, 0.15) is 12.5 Å². The summed E-state index contributed by atoms with van der Waals surface area (Å²) >= 11 is 0. The lowest BCUT2D eigenvalue weighted by atomic mass is 10.1. The van der Waals surface area contributed by atoms with Gasteiger partial charge in [0.15, 0.2) is 0 Å². The van der Waals surface area contributed by atoms with Crippen molar-refractivity contribution in [3.63, 3.8) is 0 Å². The van der Waals surface area contributed by atoms with Gasteiger partial charge in [0.05, 0.1) is 14.1 Å². The Morgan fingerprint density at radius 3 is 2.84 bits per heavy atom. The summed E-state index contributed by atoms with van der Waals surface area (Å²) in [6.45, 7) is 2.30. The molecule has 0 aliphatic heterocycles. The van der Waals surface area contributed by atoms with Gasteiger partial charge in [0, 0.05) is 30.4 Å². The Bertz CT molecular complexity index is 602. The Kier molecular flexibility index (Phi) is 3.48. The van der Waals surface area contributed by atoms with Crippen molar-refractivity contribution >= 4 is 16.8 Å². The van der Waals surface area contributed by atoms with Crippen LogP contribution in [0.4, 0.5) is 0 Å². The number of likely N-dealkylation sites (N-methyl/N-ethyl adjacent to an activating group) is 1. The number of nitrogens with one attached hydrogen (secondary N) is 2. The third kappa shape index (κ3) is 3.26. The number of aromatic amines is 1. The second kappa shape index (κ2) is 4.93. The number of rotatable bonds is 4. The average Bonchev–Trinajstić information content (AvgIpc) is 2.67. The molecule has 19 heavy (non-hydrogen) atoms. The van der Waals surface area contributed by atoms with Crippen molar-refractivity contribution in [2.75, 3.05) is 20.6 Å². The first-order valence-corrected chi connectivity index (χ1v) is 6.28. The van der Waals surface area contributed by atoms with Crippen LogP contribution in [0.2, 0.25) is 0 Å². The summed E-state index contributed by atoms with van der Waals surface area (Å²) < 4.78 is 0.431. The molecule has 0 aliphatic rings. The number of carbonyl (C=O) groups excluding carboxylic acids is 1. The summed E-state index contributed by atoms with van der Waals surface area (Å²) in [7, 11) is 3.90. The Labute approximate surface area is 112 Å². The number of fused-ring (bicyclic) bond motifs is 1. The largest absolute Gasteiger partial charge is 0.508 e. The van der Waals surface area contributed by atoms with E-state index < -0.39 is 0 Å². The minimum atomic E-state index is -0.0402. The summed E-state index contributed by atoms with van der Waals surface area (Å²) in [5.41, 5.74) is 5.03. The standard InChI is InChI=1S/C14H19N3O2/c1-10(18)16-17(2,3)7-6-11-9-15-14-5-4-12(19)8-13(11)14/h4-5,8-9,15H,6-7H2,1-3H3,(H-,16,18,19)/p+1. The van der Waals surface area contributed by atoms with Crippen LogP contribution >= 0.6 is 0 Å². The number of phenolic OH excluding ortho intramolecular Hbond substituents is 1. The normalized spacial score (nSPS) is 11.7. The molecule has 102 valence electrons. The highest BCUT2D eigenvalue weighted by Gasteiger charge is 2.17. The number of H-pyrrole nitrogens is 1. The second-order valence-electron chi connectivity index (χ2n) is 5.37. The molecule has 5 heteroatoms. The molecule has 0 spiro atoms. The van der Waals surface area contributed by atoms with E-state index in [2.05, 4.69) is 10.4 Å². The van der Waals surface area contributed by atoms with E-state index in [1.807, 2.05) is 26.4 Å². The molecule has 0 radical (unpaired) electrons. The van der Waals surface area contributed by atoms with Crippen molar-refractivity contribution < 1.29 is 14.5 Å². The van der Waals surface area contributed by atoms with E-state index in [4.69, 9.17) is 0 Å². The maximum Gasteiger partial charge on any atom is 0.261 e. The van der Waals surface area contributed by atoms with E-state index in [0.29, 0.717) is 4.59 Å². The SMILES string of the molecule is CC(=O)N[N+](C)(C)CCc1c[nH]c2ccc(O)cc12. The van der Waals surface area contributed by atoms with E-state index in [-0.39, 0.29) is 11.7 Å². The number of aromatic hydroxyl groups is 1. The fourth-order valence-corrected chi connectivity index (χ4v) is 2.26. The maximum atomic E-state index is 11.1. The number of benzene rings is 1. The molecular formula is C14H20N3O2+. The fourth-order valence-electron chi connectivity index (χ4n) is 2.26. The number of hydrogen-bond acceptors (Lipinski definition) is 2. The molecule has 1 heterocycles. The number of aromatic nitrogens is 1. The number of hydrogen-bond donors (Lipinski definition) is 3. The van der Waals surface area contributed by atoms with E-state index in [0.717, 1.165) is 29.4 Å². The van der Waals surface area contributed by atoms with Gasteiger partial charge in [0.2, 0.25) is 0 Å². The zero-order valence-electron chi connectivity index (χ0n) is 11.5. The van der Waals surface area contributed by atoms with E-state index in [1.165, 1.54) is 6.92 Å². The van der Waals surface area contributed by atoms with Crippen LogP contribution in [0.25, 0.3) is 10.9 Å². The molecule has 0 saturated carbocycles. The van der Waals surface area contributed by atoms with E-state index in [1.54, 1.807) is 12.1 Å². The fraction of sp³-hybridized carbons (Fsp3) is 0.357. The van der Waals surface area contributed by atoms with Crippen LogP contribution in [0.3, 0.4) is 0 Å². The van der Waals surface area contributed by atoms with Gasteiger partial charge in [-0.25, -0.2) is 10.0 Å². The number of phenols is 1. The predicted molar refractivity (Wildman–Crippen MR) is 74.5 cm³/mol. The van der Waals surface area contributed by atoms with Crippen molar-refractivity contribution in [2.45, 2.75) is 13.3 Å². The van der Waals surface area contributed by atoms with Gasteiger partial charge in [0.25, 0.3) is 5.91 Å². The molecule has 0 aliphatic carbocycles.